The Labute approximate surface area is 204 Å². The first-order chi connectivity index (χ1) is 15.6. The van der Waals surface area contributed by atoms with Crippen molar-refractivity contribution < 1.29 is 33.3 Å². The molecule has 192 valence electrons. The quantitative estimate of drug-likeness (QED) is 0.156. The monoisotopic (exact) mass is 500 g/mol. The highest BCUT2D eigenvalue weighted by atomic mass is 28.4. The van der Waals surface area contributed by atoms with Crippen LogP contribution in [0.5, 0.6) is 0 Å². The van der Waals surface area contributed by atoms with Crippen LogP contribution in [0.3, 0.4) is 0 Å². The molecular weight excluding hydrogens is 461 g/mol. The van der Waals surface area contributed by atoms with E-state index < -0.39 is 43.7 Å². The Balaban J connectivity index is 0.00000612. The fourth-order valence-electron chi connectivity index (χ4n) is 5.13. The van der Waals surface area contributed by atoms with Gasteiger partial charge in [-0.3, -0.25) is 4.79 Å². The Kier molecular flexibility index (Phi) is 8.39. The van der Waals surface area contributed by atoms with Crippen molar-refractivity contribution in [3.8, 4) is 12.3 Å². The highest BCUT2D eigenvalue weighted by molar-refractivity contribution is 6.77. The Morgan fingerprint density at radius 1 is 1.15 bits per heavy atom. The topological polar surface area (TPSA) is 48.1 Å². The van der Waals surface area contributed by atoms with Gasteiger partial charge in [0, 0.05) is 1.43 Å². The molecule has 34 heavy (non-hydrogen) atoms. The SMILES string of the molecule is C#C[C@@H](OC(=O)[C@@](C)(c1ccccc1)C(F)(F)F)C1(C)O[C@H]1CO[Si](C(C)C)(C(C)C)C(C)C.[HH]. The molecule has 8 heteroatoms. The Morgan fingerprint density at radius 2 is 1.65 bits per heavy atom. The number of hydrogen-bond acceptors (Lipinski definition) is 4. The molecule has 4 atom stereocenters. The summed E-state index contributed by atoms with van der Waals surface area (Å²) < 4.78 is 59.8. The van der Waals surface area contributed by atoms with E-state index in [2.05, 4.69) is 47.5 Å². The minimum atomic E-state index is -4.88. The van der Waals surface area contributed by atoms with Gasteiger partial charge in [-0.15, -0.1) is 6.42 Å². The third kappa shape index (κ3) is 4.93. The fraction of sp³-hybridized carbons (Fsp3) is 0.654. The molecular formula is C26H39F3O4Si. The number of benzene rings is 1. The van der Waals surface area contributed by atoms with Crippen LogP contribution < -0.4 is 0 Å². The van der Waals surface area contributed by atoms with E-state index in [0.29, 0.717) is 16.6 Å². The van der Waals surface area contributed by atoms with Crippen LogP contribution in [0.15, 0.2) is 30.3 Å². The van der Waals surface area contributed by atoms with Gasteiger partial charge in [-0.2, -0.15) is 13.2 Å². The number of carbonyl (C=O) groups is 1. The maximum Gasteiger partial charge on any atom is 0.408 e. The van der Waals surface area contributed by atoms with Crippen LogP contribution >= 0.6 is 0 Å². The maximum atomic E-state index is 14.1. The molecule has 1 aliphatic heterocycles. The zero-order valence-corrected chi connectivity index (χ0v) is 22.3. The molecule has 0 aromatic heterocycles. The van der Waals surface area contributed by atoms with Gasteiger partial charge in [0.1, 0.15) is 11.7 Å². The Hall–Kier alpha value is -1.82. The summed E-state index contributed by atoms with van der Waals surface area (Å²) in [7, 11) is -2.18. The van der Waals surface area contributed by atoms with E-state index in [-0.39, 0.29) is 13.6 Å². The Bertz CT molecular complexity index is 878. The summed E-state index contributed by atoms with van der Waals surface area (Å²) in [6.45, 7) is 15.7. The number of epoxide rings is 1. The fourth-order valence-corrected chi connectivity index (χ4v) is 10.6. The molecule has 0 amide bonds. The number of rotatable bonds is 10. The van der Waals surface area contributed by atoms with Gasteiger partial charge in [0.15, 0.2) is 19.8 Å². The second-order valence-electron chi connectivity index (χ2n) is 10.4. The van der Waals surface area contributed by atoms with Crippen molar-refractivity contribution in [2.24, 2.45) is 0 Å². The van der Waals surface area contributed by atoms with E-state index in [9.17, 15) is 18.0 Å². The van der Waals surface area contributed by atoms with Crippen molar-refractivity contribution >= 4 is 14.3 Å². The smallest absolute Gasteiger partial charge is 0.408 e. The van der Waals surface area contributed by atoms with Crippen LogP contribution in [0.2, 0.25) is 16.6 Å². The van der Waals surface area contributed by atoms with E-state index in [1.165, 1.54) is 24.3 Å². The minimum absolute atomic E-state index is 0. The molecule has 0 saturated carbocycles. The van der Waals surface area contributed by atoms with Crippen LogP contribution in [0.4, 0.5) is 13.2 Å². The van der Waals surface area contributed by atoms with E-state index in [1.807, 2.05) is 0 Å². The summed E-state index contributed by atoms with van der Waals surface area (Å²) in [6.07, 6.45) is -1.03. The second-order valence-corrected chi connectivity index (χ2v) is 15.8. The third-order valence-corrected chi connectivity index (χ3v) is 13.5. The zero-order chi connectivity index (χ0) is 26.1. The first-order valence-electron chi connectivity index (χ1n) is 11.7. The lowest BCUT2D eigenvalue weighted by atomic mass is 9.81. The largest absolute Gasteiger partial charge is 0.445 e. The van der Waals surface area contributed by atoms with Crippen molar-refractivity contribution in [1.29, 1.82) is 0 Å². The van der Waals surface area contributed by atoms with Crippen molar-refractivity contribution in [2.75, 3.05) is 6.61 Å². The van der Waals surface area contributed by atoms with Crippen LogP contribution in [-0.2, 0) is 24.1 Å². The number of hydrogen-bond donors (Lipinski definition) is 0. The molecule has 0 bridgehead atoms. The Morgan fingerprint density at radius 3 is 2.06 bits per heavy atom. The van der Waals surface area contributed by atoms with Crippen LogP contribution in [0, 0.1) is 12.3 Å². The average Bonchev–Trinajstić information content (AvgIpc) is 3.41. The van der Waals surface area contributed by atoms with Crippen molar-refractivity contribution in [3.05, 3.63) is 35.9 Å². The summed E-state index contributed by atoms with van der Waals surface area (Å²) in [5, 5.41) is 0. The number of ether oxygens (including phenoxy) is 2. The highest BCUT2D eigenvalue weighted by Gasteiger charge is 2.64. The summed E-state index contributed by atoms with van der Waals surface area (Å²) >= 11 is 0. The van der Waals surface area contributed by atoms with Gasteiger partial charge in [0.25, 0.3) is 0 Å². The molecule has 1 saturated heterocycles. The van der Waals surface area contributed by atoms with Crippen molar-refractivity contribution in [3.63, 3.8) is 0 Å². The minimum Gasteiger partial charge on any atom is -0.445 e. The lowest BCUT2D eigenvalue weighted by molar-refractivity contribution is -0.208. The van der Waals surface area contributed by atoms with E-state index in [4.69, 9.17) is 20.3 Å². The summed E-state index contributed by atoms with van der Waals surface area (Å²) in [5.74, 6) is 0.869. The molecule has 0 N–H and O–H groups in total. The van der Waals surface area contributed by atoms with Crippen LogP contribution in [0.25, 0.3) is 0 Å². The van der Waals surface area contributed by atoms with E-state index >= 15 is 0 Å². The number of carbonyl (C=O) groups excluding carboxylic acids is 1. The van der Waals surface area contributed by atoms with Gasteiger partial charge in [0.2, 0.25) is 0 Å². The molecule has 1 heterocycles. The van der Waals surface area contributed by atoms with Crippen LogP contribution in [0.1, 0.15) is 62.4 Å². The lowest BCUT2D eigenvalue weighted by Crippen LogP contribution is -2.50. The number of halogens is 3. The molecule has 4 nitrogen and oxygen atoms in total. The predicted octanol–water partition coefficient (Wildman–Crippen LogP) is 6.65. The van der Waals surface area contributed by atoms with E-state index in [0.717, 1.165) is 6.92 Å². The molecule has 1 aliphatic rings. The molecule has 0 aliphatic carbocycles. The molecule has 0 radical (unpaired) electrons. The van der Waals surface area contributed by atoms with Gasteiger partial charge in [0.05, 0.1) is 6.61 Å². The molecule has 1 aromatic carbocycles. The molecule has 0 spiro atoms. The predicted molar refractivity (Wildman–Crippen MR) is 131 cm³/mol. The molecule has 1 aromatic rings. The summed E-state index contributed by atoms with van der Waals surface area (Å²) in [5.41, 5.74) is -3.12. The first kappa shape index (κ1) is 28.4. The molecule has 1 fully saturated rings. The van der Waals surface area contributed by atoms with E-state index in [1.54, 1.807) is 13.0 Å². The average molecular weight is 501 g/mol. The number of terminal acetylenes is 1. The standard InChI is InChI=1S/C26H37F3O4Si.H2/c1-10-21(32-23(30)24(8,26(27,28)29)20-14-12-11-13-15-20)25(9)22(33-25)16-31-34(17(2)3,18(4)5)19(6)7;/h1,11-15,17-19,21-22H,16H2,2-9H3;1H/t21-,22+,24-,25?;/m1./s1. The van der Waals surface area contributed by atoms with Crippen molar-refractivity contribution in [1.82, 2.24) is 0 Å². The van der Waals surface area contributed by atoms with Gasteiger partial charge in [-0.25, -0.2) is 0 Å². The lowest BCUT2D eigenvalue weighted by Gasteiger charge is -2.42. The normalized spacial score (nSPS) is 23.5. The summed E-state index contributed by atoms with van der Waals surface area (Å²) in [6, 6.07) is 6.96. The number of alkyl halides is 3. The van der Waals surface area contributed by atoms with Gasteiger partial charge in [-0.1, -0.05) is 77.8 Å². The van der Waals surface area contributed by atoms with Gasteiger partial charge >= 0.3 is 12.1 Å². The molecule has 1 unspecified atom stereocenters. The zero-order valence-electron chi connectivity index (χ0n) is 21.3. The first-order valence-corrected chi connectivity index (χ1v) is 13.8. The highest BCUT2D eigenvalue weighted by Crippen LogP contribution is 2.47. The van der Waals surface area contributed by atoms with Crippen LogP contribution in [-0.4, -0.2) is 44.9 Å². The van der Waals surface area contributed by atoms with Crippen molar-refractivity contribution in [2.45, 2.75) is 101 Å². The third-order valence-electron chi connectivity index (χ3n) is 7.39. The van der Waals surface area contributed by atoms with Gasteiger partial charge < -0.3 is 13.9 Å². The second kappa shape index (κ2) is 10.0. The summed E-state index contributed by atoms with van der Waals surface area (Å²) in [4.78, 5) is 12.9. The maximum absolute atomic E-state index is 14.1. The van der Waals surface area contributed by atoms with Gasteiger partial charge in [-0.05, 0) is 36.0 Å². The molecule has 2 rings (SSSR count). The number of esters is 1.